The molecule has 2 amide bonds. The Morgan fingerprint density at radius 3 is 2.50 bits per heavy atom. The molecule has 0 bridgehead atoms. The largest absolute Gasteiger partial charge is 0.445 e. The molecule has 0 fully saturated rings. The zero-order valence-electron chi connectivity index (χ0n) is 12.6. The second-order valence-corrected chi connectivity index (χ2v) is 4.92. The van der Waals surface area contributed by atoms with Crippen LogP contribution in [0.5, 0.6) is 0 Å². The van der Waals surface area contributed by atoms with Gasteiger partial charge in [0.2, 0.25) is 5.91 Å². The van der Waals surface area contributed by atoms with Crippen LogP contribution in [0.3, 0.4) is 0 Å². The van der Waals surface area contributed by atoms with E-state index in [1.807, 2.05) is 30.3 Å². The normalized spacial score (nSPS) is 10.3. The fourth-order valence-corrected chi connectivity index (χ4v) is 1.72. The van der Waals surface area contributed by atoms with Crippen LogP contribution in [0.4, 0.5) is 4.79 Å². The number of nitrogens with two attached hydrogens (primary N) is 2. The van der Waals surface area contributed by atoms with E-state index in [0.717, 1.165) is 24.8 Å². The molecular weight excluding hydrogens is 284 g/mol. The lowest BCUT2D eigenvalue weighted by atomic mass is 10.2. The molecular formula is C15H24N4O3. The van der Waals surface area contributed by atoms with Crippen molar-refractivity contribution < 1.29 is 14.3 Å². The van der Waals surface area contributed by atoms with Crippen molar-refractivity contribution in [2.24, 2.45) is 11.5 Å². The molecule has 0 aliphatic rings. The number of unbranched alkanes of at least 4 members (excludes halogenated alkanes) is 1. The van der Waals surface area contributed by atoms with Gasteiger partial charge in [-0.3, -0.25) is 4.79 Å². The van der Waals surface area contributed by atoms with Crippen molar-refractivity contribution in [3.63, 3.8) is 0 Å². The van der Waals surface area contributed by atoms with Crippen molar-refractivity contribution in [2.75, 3.05) is 13.1 Å². The number of rotatable bonds is 9. The van der Waals surface area contributed by atoms with Crippen molar-refractivity contribution >= 4 is 12.0 Å². The molecule has 0 aliphatic heterocycles. The van der Waals surface area contributed by atoms with Crippen LogP contribution in [0, 0.1) is 0 Å². The highest BCUT2D eigenvalue weighted by Gasteiger charge is 2.06. The minimum Gasteiger partial charge on any atom is -0.445 e. The SMILES string of the molecule is NC(N)CCCCNC(=O)CNC(=O)OCc1ccccc1. The summed E-state index contributed by atoms with van der Waals surface area (Å²) in [7, 11) is 0. The van der Waals surface area contributed by atoms with Crippen molar-refractivity contribution in [1.29, 1.82) is 0 Å². The molecule has 0 aromatic heterocycles. The van der Waals surface area contributed by atoms with Gasteiger partial charge >= 0.3 is 6.09 Å². The van der Waals surface area contributed by atoms with Crippen LogP contribution in [0.2, 0.25) is 0 Å². The molecule has 1 aromatic carbocycles. The van der Waals surface area contributed by atoms with Crippen LogP contribution in [0.25, 0.3) is 0 Å². The van der Waals surface area contributed by atoms with Gasteiger partial charge in [-0.15, -0.1) is 0 Å². The molecule has 0 aliphatic carbocycles. The van der Waals surface area contributed by atoms with E-state index in [0.29, 0.717) is 6.54 Å². The molecule has 0 atom stereocenters. The van der Waals surface area contributed by atoms with E-state index in [-0.39, 0.29) is 25.2 Å². The highest BCUT2D eigenvalue weighted by atomic mass is 16.5. The molecule has 0 saturated carbocycles. The first-order chi connectivity index (χ1) is 10.6. The molecule has 0 spiro atoms. The Kier molecular flexibility index (Phi) is 8.63. The van der Waals surface area contributed by atoms with Crippen molar-refractivity contribution in [1.82, 2.24) is 10.6 Å². The fourth-order valence-electron chi connectivity index (χ4n) is 1.72. The number of carbonyl (C=O) groups excluding carboxylic acids is 2. The molecule has 122 valence electrons. The second kappa shape index (κ2) is 10.6. The minimum atomic E-state index is -0.617. The number of nitrogens with one attached hydrogen (secondary N) is 2. The van der Waals surface area contributed by atoms with Gasteiger partial charge in [0.15, 0.2) is 0 Å². The van der Waals surface area contributed by atoms with Gasteiger partial charge in [-0.1, -0.05) is 30.3 Å². The summed E-state index contributed by atoms with van der Waals surface area (Å²) in [5, 5.41) is 5.09. The summed E-state index contributed by atoms with van der Waals surface area (Å²) in [6, 6.07) is 9.32. The maximum absolute atomic E-state index is 11.5. The van der Waals surface area contributed by atoms with Crippen LogP contribution in [0.1, 0.15) is 24.8 Å². The van der Waals surface area contributed by atoms with Crippen molar-refractivity contribution in [3.05, 3.63) is 35.9 Å². The topological polar surface area (TPSA) is 119 Å². The third kappa shape index (κ3) is 8.93. The van der Waals surface area contributed by atoms with Gasteiger partial charge in [0.25, 0.3) is 0 Å². The lowest BCUT2D eigenvalue weighted by Gasteiger charge is -2.08. The monoisotopic (exact) mass is 308 g/mol. The summed E-state index contributed by atoms with van der Waals surface area (Å²) in [6.07, 6.45) is 1.45. The smallest absolute Gasteiger partial charge is 0.407 e. The average Bonchev–Trinajstić information content (AvgIpc) is 2.51. The van der Waals surface area contributed by atoms with Gasteiger partial charge in [-0.2, -0.15) is 0 Å². The van der Waals surface area contributed by atoms with Gasteiger partial charge in [0, 0.05) is 6.54 Å². The Morgan fingerprint density at radius 1 is 1.09 bits per heavy atom. The molecule has 1 rings (SSSR count). The van der Waals surface area contributed by atoms with Crippen LogP contribution in [-0.2, 0) is 16.1 Å². The minimum absolute atomic E-state index is 0.107. The van der Waals surface area contributed by atoms with E-state index in [4.69, 9.17) is 16.2 Å². The lowest BCUT2D eigenvalue weighted by molar-refractivity contribution is -0.120. The van der Waals surface area contributed by atoms with Gasteiger partial charge in [0.05, 0.1) is 12.7 Å². The van der Waals surface area contributed by atoms with Crippen LogP contribution in [-0.4, -0.2) is 31.3 Å². The fraction of sp³-hybridized carbons (Fsp3) is 0.467. The molecule has 0 unspecified atom stereocenters. The number of alkyl carbamates (subject to hydrolysis) is 1. The maximum Gasteiger partial charge on any atom is 0.407 e. The average molecular weight is 308 g/mol. The third-order valence-electron chi connectivity index (χ3n) is 2.89. The first kappa shape index (κ1) is 17.9. The standard InChI is InChI=1S/C15H24N4O3/c16-13(17)8-4-5-9-18-14(20)10-19-15(21)22-11-12-6-2-1-3-7-12/h1-3,6-7,13H,4-5,8-11,16-17H2,(H,18,20)(H,19,21). The first-order valence-corrected chi connectivity index (χ1v) is 7.30. The Labute approximate surface area is 130 Å². The summed E-state index contributed by atoms with van der Waals surface area (Å²) in [4.78, 5) is 22.9. The van der Waals surface area contributed by atoms with E-state index in [1.54, 1.807) is 0 Å². The number of hydrogen-bond donors (Lipinski definition) is 4. The molecule has 0 saturated heterocycles. The van der Waals surface area contributed by atoms with Crippen molar-refractivity contribution in [3.8, 4) is 0 Å². The number of amides is 2. The van der Waals surface area contributed by atoms with E-state index in [2.05, 4.69) is 10.6 Å². The predicted molar refractivity (Wildman–Crippen MR) is 83.7 cm³/mol. The summed E-state index contributed by atoms with van der Waals surface area (Å²) in [5.41, 5.74) is 11.7. The summed E-state index contributed by atoms with van der Waals surface area (Å²) in [6.45, 7) is 0.601. The highest BCUT2D eigenvalue weighted by Crippen LogP contribution is 2.00. The van der Waals surface area contributed by atoms with Crippen LogP contribution < -0.4 is 22.1 Å². The zero-order chi connectivity index (χ0) is 16.2. The van der Waals surface area contributed by atoms with Gasteiger partial charge < -0.3 is 26.8 Å². The Morgan fingerprint density at radius 2 is 1.82 bits per heavy atom. The molecule has 0 radical (unpaired) electrons. The van der Waals surface area contributed by atoms with Crippen molar-refractivity contribution in [2.45, 2.75) is 32.0 Å². The number of benzene rings is 1. The molecule has 1 aromatic rings. The lowest BCUT2D eigenvalue weighted by Crippen LogP contribution is -2.37. The van der Waals surface area contributed by atoms with E-state index in [9.17, 15) is 9.59 Å². The van der Waals surface area contributed by atoms with Gasteiger partial charge in [-0.25, -0.2) is 4.79 Å². The zero-order valence-corrected chi connectivity index (χ0v) is 12.6. The van der Waals surface area contributed by atoms with Crippen LogP contribution in [0.15, 0.2) is 30.3 Å². The molecule has 6 N–H and O–H groups in total. The Bertz CT molecular complexity index is 451. The molecule has 7 nitrogen and oxygen atoms in total. The van der Waals surface area contributed by atoms with E-state index < -0.39 is 6.09 Å². The highest BCUT2D eigenvalue weighted by molar-refractivity contribution is 5.82. The Hall–Kier alpha value is -2.12. The van der Waals surface area contributed by atoms with E-state index in [1.165, 1.54) is 0 Å². The van der Waals surface area contributed by atoms with Gasteiger partial charge in [0.1, 0.15) is 6.61 Å². The second-order valence-electron chi connectivity index (χ2n) is 4.92. The van der Waals surface area contributed by atoms with Gasteiger partial charge in [-0.05, 0) is 24.8 Å². The van der Waals surface area contributed by atoms with Crippen LogP contribution >= 0.6 is 0 Å². The molecule has 22 heavy (non-hydrogen) atoms. The quantitative estimate of drug-likeness (QED) is 0.390. The third-order valence-corrected chi connectivity index (χ3v) is 2.89. The summed E-state index contributed by atoms with van der Waals surface area (Å²) >= 11 is 0. The molecule has 7 heteroatoms. The molecule has 0 heterocycles. The van der Waals surface area contributed by atoms with E-state index >= 15 is 0 Å². The number of ether oxygens (including phenoxy) is 1. The maximum atomic E-state index is 11.5. The Balaban J connectivity index is 2.04. The number of carbonyl (C=O) groups is 2. The predicted octanol–water partition coefficient (Wildman–Crippen LogP) is 0.443. The number of hydrogen-bond acceptors (Lipinski definition) is 5. The summed E-state index contributed by atoms with van der Waals surface area (Å²) in [5.74, 6) is -0.256. The first-order valence-electron chi connectivity index (χ1n) is 7.30. The summed E-state index contributed by atoms with van der Waals surface area (Å²) < 4.78 is 4.99.